The van der Waals surface area contributed by atoms with Crippen LogP contribution in [0.5, 0.6) is 0 Å². The fourth-order valence-electron chi connectivity index (χ4n) is 3.12. The summed E-state index contributed by atoms with van der Waals surface area (Å²) in [5.74, 6) is 0. The molecule has 0 spiro atoms. The van der Waals surface area contributed by atoms with Crippen molar-refractivity contribution in [2.24, 2.45) is 0 Å². The largest absolute Gasteiger partial charge is 0.303 e. The zero-order valence-electron chi connectivity index (χ0n) is 12.0. The topological polar surface area (TPSA) is 40.3 Å². The van der Waals surface area contributed by atoms with Crippen LogP contribution in [0.4, 0.5) is 0 Å². The van der Waals surface area contributed by atoms with Crippen LogP contribution < -0.4 is 10.6 Å². The summed E-state index contributed by atoms with van der Waals surface area (Å²) in [6.07, 6.45) is 0. The Morgan fingerprint density at radius 3 is 1.53 bits per heavy atom. The Bertz CT molecular complexity index is 249. The van der Waals surface area contributed by atoms with Gasteiger partial charge in [0.05, 0.1) is 33.3 Å². The van der Waals surface area contributed by atoms with Gasteiger partial charge >= 0.3 is 0 Å². The van der Waals surface area contributed by atoms with Crippen molar-refractivity contribution in [1.82, 2.24) is 35.1 Å². The van der Waals surface area contributed by atoms with Gasteiger partial charge in [0.25, 0.3) is 0 Å². The molecule has 4 aliphatic heterocycles. The van der Waals surface area contributed by atoms with Crippen molar-refractivity contribution in [3.63, 3.8) is 0 Å². The van der Waals surface area contributed by atoms with Crippen LogP contribution >= 0.6 is 0 Å². The number of hydrogen-bond donors (Lipinski definition) is 2. The van der Waals surface area contributed by atoms with E-state index in [0.29, 0.717) is 0 Å². The maximum absolute atomic E-state index is 3.52. The van der Waals surface area contributed by atoms with Gasteiger partial charge in [-0.15, -0.1) is 0 Å². The van der Waals surface area contributed by atoms with Crippen LogP contribution in [0.25, 0.3) is 0 Å². The number of hydrogen-bond acceptors (Lipinski definition) is 7. The van der Waals surface area contributed by atoms with E-state index >= 15 is 0 Å². The standard InChI is InChI=1S/C12H27N7/c1-15-6-13-2-4-16-8-18-10-17(5-3-14-7-15)11-19(9-16)12-18/h13-14H,2-12H2,1H3. The first-order valence-corrected chi connectivity index (χ1v) is 7.29. The molecule has 0 saturated carbocycles. The van der Waals surface area contributed by atoms with Crippen molar-refractivity contribution < 1.29 is 0 Å². The third-order valence-electron chi connectivity index (χ3n) is 3.97. The predicted molar refractivity (Wildman–Crippen MR) is 74.9 cm³/mol. The minimum absolute atomic E-state index is 0.956. The van der Waals surface area contributed by atoms with E-state index in [2.05, 4.69) is 42.2 Å². The predicted octanol–water partition coefficient (Wildman–Crippen LogP) is -1.95. The molecule has 0 aromatic carbocycles. The van der Waals surface area contributed by atoms with Gasteiger partial charge in [-0.1, -0.05) is 0 Å². The maximum Gasteiger partial charge on any atom is 0.0555 e. The quantitative estimate of drug-likeness (QED) is 0.530. The summed E-state index contributed by atoms with van der Waals surface area (Å²) in [5.41, 5.74) is 0. The molecule has 0 aliphatic carbocycles. The van der Waals surface area contributed by atoms with E-state index in [1.807, 2.05) is 0 Å². The fraction of sp³-hybridized carbons (Fsp3) is 1.00. The molecule has 19 heavy (non-hydrogen) atoms. The lowest BCUT2D eigenvalue weighted by Gasteiger charge is -2.49. The monoisotopic (exact) mass is 269 g/mol. The van der Waals surface area contributed by atoms with Gasteiger partial charge < -0.3 is 10.6 Å². The number of fused-ring (bicyclic) bond motifs is 8. The molecular weight excluding hydrogens is 242 g/mol. The van der Waals surface area contributed by atoms with Gasteiger partial charge in [-0.25, -0.2) is 0 Å². The van der Waals surface area contributed by atoms with Crippen molar-refractivity contribution in [1.29, 1.82) is 0 Å². The molecule has 0 amide bonds. The average Bonchev–Trinajstić information content (AvgIpc) is 2.38. The Labute approximate surface area is 116 Å². The summed E-state index contributed by atoms with van der Waals surface area (Å²) in [7, 11) is 2.15. The highest BCUT2D eigenvalue weighted by atomic mass is 15.6. The molecule has 4 heterocycles. The van der Waals surface area contributed by atoms with Crippen LogP contribution in [0, 0.1) is 0 Å². The minimum Gasteiger partial charge on any atom is -0.303 e. The van der Waals surface area contributed by atoms with E-state index in [1.54, 1.807) is 0 Å². The van der Waals surface area contributed by atoms with Gasteiger partial charge in [-0.3, -0.25) is 24.5 Å². The van der Waals surface area contributed by atoms with Gasteiger partial charge in [0.1, 0.15) is 0 Å². The Kier molecular flexibility index (Phi) is 4.65. The highest BCUT2D eigenvalue weighted by molar-refractivity contribution is 4.76. The summed E-state index contributed by atoms with van der Waals surface area (Å²) in [4.78, 5) is 12.4. The van der Waals surface area contributed by atoms with Crippen LogP contribution in [-0.2, 0) is 0 Å². The molecule has 0 radical (unpaired) electrons. The molecule has 0 aromatic heterocycles. The highest BCUT2D eigenvalue weighted by Gasteiger charge is 2.29. The molecule has 110 valence electrons. The number of rotatable bonds is 0. The van der Waals surface area contributed by atoms with Gasteiger partial charge in [0, 0.05) is 39.5 Å². The van der Waals surface area contributed by atoms with Crippen molar-refractivity contribution in [3.8, 4) is 0 Å². The molecule has 0 unspecified atom stereocenters. The second kappa shape index (κ2) is 6.45. The summed E-state index contributed by atoms with van der Waals surface area (Å²) >= 11 is 0. The average molecular weight is 269 g/mol. The molecule has 4 saturated heterocycles. The first kappa shape index (κ1) is 13.7. The smallest absolute Gasteiger partial charge is 0.0555 e. The summed E-state index contributed by atoms with van der Waals surface area (Å²) < 4.78 is 0. The van der Waals surface area contributed by atoms with Gasteiger partial charge in [-0.05, 0) is 7.05 Å². The molecule has 4 aliphatic rings. The first-order chi connectivity index (χ1) is 9.29. The van der Waals surface area contributed by atoms with Crippen molar-refractivity contribution in [2.75, 3.05) is 79.9 Å². The molecule has 0 aromatic rings. The van der Waals surface area contributed by atoms with Crippen molar-refractivity contribution in [2.45, 2.75) is 0 Å². The molecule has 4 rings (SSSR count). The third kappa shape index (κ3) is 3.85. The summed E-state index contributed by atoms with van der Waals surface area (Å²) in [6.45, 7) is 11.9. The lowest BCUT2D eigenvalue weighted by Crippen LogP contribution is -2.65. The van der Waals surface area contributed by atoms with Gasteiger partial charge in [0.15, 0.2) is 0 Å². The van der Waals surface area contributed by atoms with Gasteiger partial charge in [-0.2, -0.15) is 0 Å². The van der Waals surface area contributed by atoms with Crippen molar-refractivity contribution >= 4 is 0 Å². The van der Waals surface area contributed by atoms with E-state index in [-0.39, 0.29) is 0 Å². The van der Waals surface area contributed by atoms with Crippen LogP contribution in [0.1, 0.15) is 0 Å². The lowest BCUT2D eigenvalue weighted by molar-refractivity contribution is -0.119. The number of nitrogens with one attached hydrogen (secondary N) is 2. The lowest BCUT2D eigenvalue weighted by atomic mass is 10.4. The highest BCUT2D eigenvalue weighted by Crippen LogP contribution is 2.13. The van der Waals surface area contributed by atoms with E-state index in [1.165, 1.54) is 0 Å². The summed E-state index contributed by atoms with van der Waals surface area (Å²) in [5, 5.41) is 7.03. The molecule has 7 nitrogen and oxygen atoms in total. The Morgan fingerprint density at radius 2 is 1.05 bits per heavy atom. The second-order valence-corrected chi connectivity index (χ2v) is 6.01. The molecule has 0 atom stereocenters. The fourth-order valence-corrected chi connectivity index (χ4v) is 3.12. The molecule has 4 bridgehead atoms. The zero-order chi connectivity index (χ0) is 13.1. The third-order valence-corrected chi connectivity index (χ3v) is 3.97. The molecule has 4 fully saturated rings. The van der Waals surface area contributed by atoms with E-state index in [0.717, 1.165) is 72.9 Å². The van der Waals surface area contributed by atoms with Crippen molar-refractivity contribution in [3.05, 3.63) is 0 Å². The second-order valence-electron chi connectivity index (χ2n) is 6.01. The minimum atomic E-state index is 0.956. The summed E-state index contributed by atoms with van der Waals surface area (Å²) in [6, 6.07) is 0. The Morgan fingerprint density at radius 1 is 0.632 bits per heavy atom. The first-order valence-electron chi connectivity index (χ1n) is 7.29. The molecular formula is C12H27N7. The Balaban J connectivity index is 1.58. The van der Waals surface area contributed by atoms with Crippen LogP contribution in [0.3, 0.4) is 0 Å². The van der Waals surface area contributed by atoms with E-state index in [9.17, 15) is 0 Å². The zero-order valence-corrected chi connectivity index (χ0v) is 12.0. The Hall–Kier alpha value is -0.280. The maximum atomic E-state index is 3.52. The SMILES string of the molecule is CN1CNCCN2CN3CN(CCNC1)CN(C2)C3. The van der Waals surface area contributed by atoms with Crippen LogP contribution in [0.15, 0.2) is 0 Å². The van der Waals surface area contributed by atoms with Gasteiger partial charge in [0.2, 0.25) is 0 Å². The van der Waals surface area contributed by atoms with E-state index in [4.69, 9.17) is 0 Å². The molecule has 2 N–H and O–H groups in total. The normalized spacial score (nSPS) is 42.2. The van der Waals surface area contributed by atoms with Crippen LogP contribution in [-0.4, -0.2) is 104 Å². The molecule has 7 heteroatoms. The van der Waals surface area contributed by atoms with E-state index < -0.39 is 0 Å². The number of nitrogens with zero attached hydrogens (tertiary/aromatic N) is 5. The van der Waals surface area contributed by atoms with Crippen LogP contribution in [0.2, 0.25) is 0 Å².